The lowest BCUT2D eigenvalue weighted by molar-refractivity contribution is 0.254. The van der Waals surface area contributed by atoms with E-state index in [0.717, 1.165) is 18.8 Å². The van der Waals surface area contributed by atoms with Gasteiger partial charge in [0.05, 0.1) is 5.69 Å². The van der Waals surface area contributed by atoms with E-state index >= 15 is 0 Å². The SMILES string of the molecule is CN(C)CC(C)(C)CNc1cccnc1N. The highest BCUT2D eigenvalue weighted by Crippen LogP contribution is 2.19. The van der Waals surface area contributed by atoms with E-state index in [1.807, 2.05) is 12.1 Å². The topological polar surface area (TPSA) is 54.2 Å². The van der Waals surface area contributed by atoms with Gasteiger partial charge in [-0.05, 0) is 31.6 Å². The Hall–Kier alpha value is -1.29. The standard InChI is InChI=1S/C12H22N4/c1-12(2,9-16(3)4)8-15-10-6-5-7-14-11(10)13/h5-7,15H,8-9H2,1-4H3,(H2,13,14). The van der Waals surface area contributed by atoms with Crippen molar-refractivity contribution in [3.63, 3.8) is 0 Å². The van der Waals surface area contributed by atoms with Gasteiger partial charge in [0.15, 0.2) is 0 Å². The highest BCUT2D eigenvalue weighted by Gasteiger charge is 2.18. The molecule has 4 heteroatoms. The summed E-state index contributed by atoms with van der Waals surface area (Å²) in [4.78, 5) is 6.23. The average molecular weight is 222 g/mol. The number of nitrogens with one attached hydrogen (secondary N) is 1. The highest BCUT2D eigenvalue weighted by atomic mass is 15.1. The van der Waals surface area contributed by atoms with Crippen LogP contribution in [-0.4, -0.2) is 37.1 Å². The first-order chi connectivity index (χ1) is 7.41. The number of anilines is 2. The first kappa shape index (κ1) is 12.8. The van der Waals surface area contributed by atoms with Crippen LogP contribution in [0.2, 0.25) is 0 Å². The predicted molar refractivity (Wildman–Crippen MR) is 69.5 cm³/mol. The third-order valence-corrected chi connectivity index (χ3v) is 2.34. The largest absolute Gasteiger partial charge is 0.382 e. The maximum Gasteiger partial charge on any atom is 0.146 e. The van der Waals surface area contributed by atoms with Gasteiger partial charge in [0.25, 0.3) is 0 Å². The summed E-state index contributed by atoms with van der Waals surface area (Å²) in [6.07, 6.45) is 1.70. The summed E-state index contributed by atoms with van der Waals surface area (Å²) in [6, 6.07) is 3.84. The third-order valence-electron chi connectivity index (χ3n) is 2.34. The van der Waals surface area contributed by atoms with Crippen LogP contribution in [-0.2, 0) is 0 Å². The fourth-order valence-corrected chi connectivity index (χ4v) is 1.81. The summed E-state index contributed by atoms with van der Waals surface area (Å²) < 4.78 is 0. The van der Waals surface area contributed by atoms with Crippen LogP contribution in [0.4, 0.5) is 11.5 Å². The number of nitrogen functional groups attached to an aromatic ring is 1. The van der Waals surface area contributed by atoms with Gasteiger partial charge in [-0.3, -0.25) is 0 Å². The first-order valence-electron chi connectivity index (χ1n) is 5.50. The van der Waals surface area contributed by atoms with Crippen molar-refractivity contribution in [3.05, 3.63) is 18.3 Å². The number of aromatic nitrogens is 1. The quantitative estimate of drug-likeness (QED) is 0.795. The minimum Gasteiger partial charge on any atom is -0.382 e. The molecule has 16 heavy (non-hydrogen) atoms. The van der Waals surface area contributed by atoms with Crippen LogP contribution >= 0.6 is 0 Å². The zero-order chi connectivity index (χ0) is 12.2. The van der Waals surface area contributed by atoms with Crippen molar-refractivity contribution in [3.8, 4) is 0 Å². The lowest BCUT2D eigenvalue weighted by Gasteiger charge is -2.29. The molecule has 0 saturated carbocycles. The van der Waals surface area contributed by atoms with Crippen molar-refractivity contribution in [2.24, 2.45) is 5.41 Å². The molecule has 0 aliphatic rings. The van der Waals surface area contributed by atoms with Crippen LogP contribution in [0.15, 0.2) is 18.3 Å². The van der Waals surface area contributed by atoms with Gasteiger partial charge in [0.1, 0.15) is 5.82 Å². The number of hydrogen-bond acceptors (Lipinski definition) is 4. The van der Waals surface area contributed by atoms with E-state index in [0.29, 0.717) is 5.82 Å². The lowest BCUT2D eigenvalue weighted by Crippen LogP contribution is -2.34. The van der Waals surface area contributed by atoms with Gasteiger partial charge in [-0.2, -0.15) is 0 Å². The predicted octanol–water partition coefficient (Wildman–Crippen LogP) is 1.66. The van der Waals surface area contributed by atoms with Crippen LogP contribution in [0.1, 0.15) is 13.8 Å². The monoisotopic (exact) mass is 222 g/mol. The molecule has 0 radical (unpaired) electrons. The fourth-order valence-electron chi connectivity index (χ4n) is 1.81. The fraction of sp³-hybridized carbons (Fsp3) is 0.583. The van der Waals surface area contributed by atoms with Crippen molar-refractivity contribution in [2.75, 3.05) is 38.2 Å². The van der Waals surface area contributed by atoms with Crippen LogP contribution in [0.3, 0.4) is 0 Å². The molecule has 1 aromatic heterocycles. The lowest BCUT2D eigenvalue weighted by atomic mass is 9.93. The second kappa shape index (κ2) is 5.16. The summed E-state index contributed by atoms with van der Waals surface area (Å²) >= 11 is 0. The zero-order valence-electron chi connectivity index (χ0n) is 10.6. The van der Waals surface area contributed by atoms with E-state index in [4.69, 9.17) is 5.73 Å². The molecule has 1 heterocycles. The minimum atomic E-state index is 0.200. The molecule has 90 valence electrons. The Bertz CT molecular complexity index is 334. The van der Waals surface area contributed by atoms with Crippen LogP contribution in [0, 0.1) is 5.41 Å². The van der Waals surface area contributed by atoms with Gasteiger partial charge in [0, 0.05) is 19.3 Å². The molecule has 0 atom stereocenters. The molecule has 1 aromatic rings. The smallest absolute Gasteiger partial charge is 0.146 e. The Labute approximate surface area is 97.9 Å². The van der Waals surface area contributed by atoms with E-state index in [1.54, 1.807) is 6.20 Å². The Kier molecular flexibility index (Phi) is 4.12. The minimum absolute atomic E-state index is 0.200. The van der Waals surface area contributed by atoms with Crippen molar-refractivity contribution in [2.45, 2.75) is 13.8 Å². The van der Waals surface area contributed by atoms with E-state index in [2.05, 4.69) is 43.1 Å². The van der Waals surface area contributed by atoms with Crippen molar-refractivity contribution < 1.29 is 0 Å². The maximum absolute atomic E-state index is 5.77. The summed E-state index contributed by atoms with van der Waals surface area (Å²) in [5, 5.41) is 3.34. The maximum atomic E-state index is 5.77. The summed E-state index contributed by atoms with van der Waals surface area (Å²) in [6.45, 7) is 6.36. The van der Waals surface area contributed by atoms with Crippen molar-refractivity contribution in [1.29, 1.82) is 0 Å². The Morgan fingerprint density at radius 3 is 2.69 bits per heavy atom. The van der Waals surface area contributed by atoms with Crippen LogP contribution < -0.4 is 11.1 Å². The van der Waals surface area contributed by atoms with Gasteiger partial charge in [-0.15, -0.1) is 0 Å². The average Bonchev–Trinajstić information content (AvgIpc) is 2.14. The number of hydrogen-bond donors (Lipinski definition) is 2. The van der Waals surface area contributed by atoms with Gasteiger partial charge in [0.2, 0.25) is 0 Å². The molecule has 0 aromatic carbocycles. The Morgan fingerprint density at radius 2 is 2.12 bits per heavy atom. The molecule has 0 aliphatic carbocycles. The van der Waals surface area contributed by atoms with E-state index in [-0.39, 0.29) is 5.41 Å². The van der Waals surface area contributed by atoms with Crippen molar-refractivity contribution in [1.82, 2.24) is 9.88 Å². The molecular formula is C12H22N4. The molecule has 4 nitrogen and oxygen atoms in total. The second-order valence-corrected chi connectivity index (χ2v) is 5.19. The molecule has 0 unspecified atom stereocenters. The summed E-state index contributed by atoms with van der Waals surface area (Å²) in [7, 11) is 4.17. The highest BCUT2D eigenvalue weighted by molar-refractivity contribution is 5.60. The van der Waals surface area contributed by atoms with E-state index in [1.165, 1.54) is 0 Å². The third kappa shape index (κ3) is 4.06. The molecule has 0 fully saturated rings. The summed E-state index contributed by atoms with van der Waals surface area (Å²) in [5.74, 6) is 0.558. The van der Waals surface area contributed by atoms with Gasteiger partial charge in [-0.1, -0.05) is 13.8 Å². The van der Waals surface area contributed by atoms with Crippen LogP contribution in [0.25, 0.3) is 0 Å². The Balaban J connectivity index is 2.54. The molecule has 0 saturated heterocycles. The molecule has 0 bridgehead atoms. The zero-order valence-corrected chi connectivity index (χ0v) is 10.6. The number of pyridine rings is 1. The molecule has 0 amide bonds. The second-order valence-electron chi connectivity index (χ2n) is 5.19. The molecule has 3 N–H and O–H groups in total. The van der Waals surface area contributed by atoms with E-state index in [9.17, 15) is 0 Å². The Morgan fingerprint density at radius 1 is 1.44 bits per heavy atom. The van der Waals surface area contributed by atoms with Gasteiger partial charge >= 0.3 is 0 Å². The molecular weight excluding hydrogens is 200 g/mol. The normalized spacial score (nSPS) is 11.8. The van der Waals surface area contributed by atoms with Crippen molar-refractivity contribution >= 4 is 11.5 Å². The molecule has 0 aliphatic heterocycles. The number of nitrogens with two attached hydrogens (primary N) is 1. The molecule has 1 rings (SSSR count). The number of rotatable bonds is 5. The van der Waals surface area contributed by atoms with Gasteiger partial charge < -0.3 is 16.0 Å². The number of nitrogens with zero attached hydrogens (tertiary/aromatic N) is 2. The van der Waals surface area contributed by atoms with E-state index < -0.39 is 0 Å². The summed E-state index contributed by atoms with van der Waals surface area (Å²) in [5.41, 5.74) is 6.88. The van der Waals surface area contributed by atoms with Crippen LogP contribution in [0.5, 0.6) is 0 Å². The molecule has 0 spiro atoms. The van der Waals surface area contributed by atoms with Gasteiger partial charge in [-0.25, -0.2) is 4.98 Å². The first-order valence-corrected chi connectivity index (χ1v) is 5.50.